The van der Waals surface area contributed by atoms with Gasteiger partial charge in [0.25, 0.3) is 0 Å². The normalized spacial score (nSPS) is 12.5. The summed E-state index contributed by atoms with van der Waals surface area (Å²) >= 11 is 5.96. The molecule has 70 valence electrons. The molecule has 0 spiro atoms. The molecule has 0 heterocycles. The van der Waals surface area contributed by atoms with Crippen LogP contribution in [0.5, 0.6) is 0 Å². The summed E-state index contributed by atoms with van der Waals surface area (Å²) in [5, 5.41) is 0.656. The first-order valence-corrected chi connectivity index (χ1v) is 4.44. The minimum absolute atomic E-state index is 0.117. The van der Waals surface area contributed by atoms with Crippen LogP contribution in [-0.2, 0) is 0 Å². The van der Waals surface area contributed by atoms with Crippen molar-refractivity contribution in [2.45, 2.75) is 12.5 Å². The molecule has 4 N–H and O–H groups in total. The Bertz CT molecular complexity index is 310. The van der Waals surface area contributed by atoms with E-state index in [9.17, 15) is 0 Å². The van der Waals surface area contributed by atoms with E-state index in [-0.39, 0.29) is 6.04 Å². The molecule has 1 atom stereocenters. The quantitative estimate of drug-likeness (QED) is 0.577. The van der Waals surface area contributed by atoms with Crippen LogP contribution in [0.25, 0.3) is 0 Å². The van der Waals surface area contributed by atoms with Gasteiger partial charge in [-0.3, -0.25) is 0 Å². The second kappa shape index (κ2) is 4.30. The Morgan fingerprint density at radius 2 is 2.23 bits per heavy atom. The average molecular weight is 197 g/mol. The maximum atomic E-state index is 5.96. The highest BCUT2D eigenvalue weighted by molar-refractivity contribution is 6.31. The van der Waals surface area contributed by atoms with Crippen molar-refractivity contribution in [1.29, 1.82) is 0 Å². The van der Waals surface area contributed by atoms with Crippen LogP contribution in [-0.4, -0.2) is 0 Å². The van der Waals surface area contributed by atoms with Crippen molar-refractivity contribution in [2.24, 2.45) is 5.73 Å². The number of rotatable bonds is 3. The van der Waals surface area contributed by atoms with E-state index in [2.05, 4.69) is 6.58 Å². The summed E-state index contributed by atoms with van der Waals surface area (Å²) in [5.41, 5.74) is 13.0. The standard InChI is InChI=1S/C10H13ClN2/c1-2-3-10(13)8-6-7(12)4-5-9(8)11/h2,4-6,10H,1,3,12-13H2. The highest BCUT2D eigenvalue weighted by atomic mass is 35.5. The molecule has 0 amide bonds. The Morgan fingerprint density at radius 3 is 2.85 bits per heavy atom. The van der Waals surface area contributed by atoms with Crippen LogP contribution in [0.15, 0.2) is 30.9 Å². The molecule has 0 radical (unpaired) electrons. The van der Waals surface area contributed by atoms with Gasteiger partial charge in [0.1, 0.15) is 0 Å². The van der Waals surface area contributed by atoms with Crippen molar-refractivity contribution in [3.05, 3.63) is 41.4 Å². The summed E-state index contributed by atoms with van der Waals surface area (Å²) < 4.78 is 0. The summed E-state index contributed by atoms with van der Waals surface area (Å²) in [4.78, 5) is 0. The van der Waals surface area contributed by atoms with Crippen molar-refractivity contribution in [2.75, 3.05) is 5.73 Å². The van der Waals surface area contributed by atoms with E-state index >= 15 is 0 Å². The highest BCUT2D eigenvalue weighted by Crippen LogP contribution is 2.25. The van der Waals surface area contributed by atoms with E-state index in [1.165, 1.54) is 0 Å². The topological polar surface area (TPSA) is 52.0 Å². The zero-order chi connectivity index (χ0) is 9.84. The molecular formula is C10H13ClN2. The second-order valence-electron chi connectivity index (χ2n) is 2.91. The SMILES string of the molecule is C=CCC(N)c1cc(N)ccc1Cl. The van der Waals surface area contributed by atoms with Crippen molar-refractivity contribution in [1.82, 2.24) is 0 Å². The number of nitrogens with two attached hydrogens (primary N) is 2. The molecule has 0 aliphatic rings. The van der Waals surface area contributed by atoms with Crippen molar-refractivity contribution >= 4 is 17.3 Å². The van der Waals surface area contributed by atoms with Crippen LogP contribution in [0.1, 0.15) is 18.0 Å². The number of benzene rings is 1. The molecule has 0 aliphatic carbocycles. The van der Waals surface area contributed by atoms with Gasteiger partial charge in [-0.25, -0.2) is 0 Å². The van der Waals surface area contributed by atoms with E-state index < -0.39 is 0 Å². The van der Waals surface area contributed by atoms with E-state index in [0.29, 0.717) is 17.1 Å². The highest BCUT2D eigenvalue weighted by Gasteiger charge is 2.08. The molecule has 1 aromatic rings. The fraction of sp³-hybridized carbons (Fsp3) is 0.200. The Hall–Kier alpha value is -0.990. The van der Waals surface area contributed by atoms with E-state index in [1.54, 1.807) is 24.3 Å². The maximum Gasteiger partial charge on any atom is 0.0455 e. The van der Waals surface area contributed by atoms with Crippen molar-refractivity contribution in [3.63, 3.8) is 0 Å². The van der Waals surface area contributed by atoms with E-state index in [4.69, 9.17) is 23.1 Å². The summed E-state index contributed by atoms with van der Waals surface area (Å²) in [6.07, 6.45) is 2.47. The largest absolute Gasteiger partial charge is 0.399 e. The van der Waals surface area contributed by atoms with Crippen LogP contribution in [0.3, 0.4) is 0 Å². The molecule has 0 aromatic heterocycles. The molecule has 1 unspecified atom stereocenters. The summed E-state index contributed by atoms with van der Waals surface area (Å²) in [5.74, 6) is 0. The molecule has 2 nitrogen and oxygen atoms in total. The fourth-order valence-electron chi connectivity index (χ4n) is 1.15. The van der Waals surface area contributed by atoms with Gasteiger partial charge in [0.15, 0.2) is 0 Å². The predicted molar refractivity (Wildman–Crippen MR) is 57.6 cm³/mol. The summed E-state index contributed by atoms with van der Waals surface area (Å²) in [7, 11) is 0. The monoisotopic (exact) mass is 196 g/mol. The van der Waals surface area contributed by atoms with Gasteiger partial charge in [0.05, 0.1) is 0 Å². The lowest BCUT2D eigenvalue weighted by Crippen LogP contribution is -2.09. The molecule has 0 fully saturated rings. The molecule has 1 rings (SSSR count). The molecule has 0 saturated carbocycles. The van der Waals surface area contributed by atoms with Crippen LogP contribution in [0.2, 0.25) is 5.02 Å². The van der Waals surface area contributed by atoms with E-state index in [1.807, 2.05) is 0 Å². The van der Waals surface area contributed by atoms with Gasteiger partial charge < -0.3 is 11.5 Å². The number of anilines is 1. The summed E-state index contributed by atoms with van der Waals surface area (Å²) in [6, 6.07) is 5.20. The van der Waals surface area contributed by atoms with Crippen LogP contribution in [0.4, 0.5) is 5.69 Å². The molecule has 0 aliphatic heterocycles. The third-order valence-electron chi connectivity index (χ3n) is 1.84. The zero-order valence-electron chi connectivity index (χ0n) is 7.33. The molecule has 0 saturated heterocycles. The Morgan fingerprint density at radius 1 is 1.54 bits per heavy atom. The lowest BCUT2D eigenvalue weighted by Gasteiger charge is -2.11. The van der Waals surface area contributed by atoms with Gasteiger partial charge in [-0.05, 0) is 30.2 Å². The first-order chi connectivity index (χ1) is 6.15. The minimum atomic E-state index is -0.117. The first kappa shape index (κ1) is 10.1. The Labute approximate surface area is 83.2 Å². The number of hydrogen-bond acceptors (Lipinski definition) is 2. The molecule has 0 bridgehead atoms. The molecule has 3 heteroatoms. The van der Waals surface area contributed by atoms with Gasteiger partial charge in [0.2, 0.25) is 0 Å². The van der Waals surface area contributed by atoms with Crippen molar-refractivity contribution < 1.29 is 0 Å². The maximum absolute atomic E-state index is 5.96. The Balaban J connectivity index is 2.97. The predicted octanol–water partition coefficient (Wildman–Crippen LogP) is 2.50. The minimum Gasteiger partial charge on any atom is -0.399 e. The number of nitrogen functional groups attached to an aromatic ring is 1. The number of hydrogen-bond donors (Lipinski definition) is 2. The van der Waals surface area contributed by atoms with Crippen LogP contribution < -0.4 is 11.5 Å². The molecule has 1 aromatic carbocycles. The summed E-state index contributed by atoms with van der Waals surface area (Å²) in [6.45, 7) is 3.62. The van der Waals surface area contributed by atoms with Gasteiger partial charge in [0, 0.05) is 16.8 Å². The molecule has 13 heavy (non-hydrogen) atoms. The third kappa shape index (κ3) is 2.47. The lowest BCUT2D eigenvalue weighted by atomic mass is 10.0. The van der Waals surface area contributed by atoms with Gasteiger partial charge in [-0.2, -0.15) is 0 Å². The fourth-order valence-corrected chi connectivity index (χ4v) is 1.41. The smallest absolute Gasteiger partial charge is 0.0455 e. The lowest BCUT2D eigenvalue weighted by molar-refractivity contribution is 0.742. The molecular weight excluding hydrogens is 184 g/mol. The van der Waals surface area contributed by atoms with Gasteiger partial charge >= 0.3 is 0 Å². The number of halogens is 1. The van der Waals surface area contributed by atoms with E-state index in [0.717, 1.165) is 5.56 Å². The van der Waals surface area contributed by atoms with Gasteiger partial charge in [-0.15, -0.1) is 6.58 Å². The van der Waals surface area contributed by atoms with Gasteiger partial charge in [-0.1, -0.05) is 17.7 Å². The first-order valence-electron chi connectivity index (χ1n) is 4.06. The van der Waals surface area contributed by atoms with Crippen LogP contribution in [0, 0.1) is 0 Å². The average Bonchev–Trinajstić information content (AvgIpc) is 2.09. The second-order valence-corrected chi connectivity index (χ2v) is 3.32. The van der Waals surface area contributed by atoms with Crippen molar-refractivity contribution in [3.8, 4) is 0 Å². The van der Waals surface area contributed by atoms with Crippen LogP contribution >= 0.6 is 11.6 Å². The Kier molecular flexibility index (Phi) is 3.34. The third-order valence-corrected chi connectivity index (χ3v) is 2.18. The zero-order valence-corrected chi connectivity index (χ0v) is 8.09.